The van der Waals surface area contributed by atoms with Gasteiger partial charge < -0.3 is 14.9 Å². The molecule has 0 radical (unpaired) electrons. The number of carboxylic acid groups (broad SMARTS) is 1. The van der Waals surface area contributed by atoms with Crippen LogP contribution in [-0.2, 0) is 11.3 Å². The van der Waals surface area contributed by atoms with Crippen LogP contribution in [0.2, 0.25) is 0 Å². The predicted octanol–water partition coefficient (Wildman–Crippen LogP) is 4.05. The number of phenols is 1. The van der Waals surface area contributed by atoms with Crippen LogP contribution in [0.1, 0.15) is 15.9 Å². The minimum absolute atomic E-state index is 0.110. The molecular weight excluding hydrogens is 528 g/mol. The molecule has 0 fully saturated rings. The van der Waals surface area contributed by atoms with E-state index in [9.17, 15) is 14.7 Å². The molecule has 0 aliphatic rings. The number of amides is 1. The van der Waals surface area contributed by atoms with Crippen molar-refractivity contribution < 1.29 is 24.5 Å². The Balaban J connectivity index is 2.12. The molecule has 23 heavy (non-hydrogen) atoms. The van der Waals surface area contributed by atoms with Crippen molar-refractivity contribution in [2.45, 2.75) is 6.61 Å². The highest BCUT2D eigenvalue weighted by molar-refractivity contribution is 14.1. The topological polar surface area (TPSA) is 95.9 Å². The molecule has 1 amide bonds. The molecule has 0 unspecified atom stereocenters. The van der Waals surface area contributed by atoms with E-state index in [2.05, 4.69) is 5.32 Å². The fraction of sp³-hybridized carbons (Fsp3) is 0.0667. The summed E-state index contributed by atoms with van der Waals surface area (Å²) >= 11 is 3.66. The van der Waals surface area contributed by atoms with Crippen molar-refractivity contribution in [2.75, 3.05) is 5.32 Å². The minimum atomic E-state index is -1.24. The van der Waals surface area contributed by atoms with E-state index in [4.69, 9.17) is 9.84 Å². The van der Waals surface area contributed by atoms with Crippen molar-refractivity contribution in [1.29, 1.82) is 0 Å². The average molecular weight is 539 g/mol. The lowest BCUT2D eigenvalue weighted by atomic mass is 10.2. The van der Waals surface area contributed by atoms with Crippen molar-refractivity contribution >= 4 is 62.9 Å². The number of carbonyl (C=O) groups is 2. The molecule has 2 aromatic carbocycles. The van der Waals surface area contributed by atoms with E-state index in [0.717, 1.165) is 5.56 Å². The van der Waals surface area contributed by atoms with Crippen molar-refractivity contribution in [3.8, 4) is 5.75 Å². The highest BCUT2D eigenvalue weighted by Gasteiger charge is 2.20. The summed E-state index contributed by atoms with van der Waals surface area (Å²) in [5, 5.41) is 21.5. The SMILES string of the molecule is O=C(Nc1c(I)cc(C(=O)O)c(O)c1I)OCc1ccccc1. The largest absolute Gasteiger partial charge is 0.506 e. The Hall–Kier alpha value is -1.56. The molecule has 0 aliphatic carbocycles. The summed E-state index contributed by atoms with van der Waals surface area (Å²) in [4.78, 5) is 22.9. The maximum absolute atomic E-state index is 11.9. The van der Waals surface area contributed by atoms with Crippen LogP contribution in [0.5, 0.6) is 5.75 Å². The van der Waals surface area contributed by atoms with Crippen molar-refractivity contribution in [2.24, 2.45) is 0 Å². The molecule has 0 bridgehead atoms. The van der Waals surface area contributed by atoms with Crippen LogP contribution in [-0.4, -0.2) is 22.3 Å². The van der Waals surface area contributed by atoms with Gasteiger partial charge in [-0.2, -0.15) is 0 Å². The first kappa shape index (κ1) is 17.8. The third-order valence-electron chi connectivity index (χ3n) is 2.86. The van der Waals surface area contributed by atoms with Gasteiger partial charge in [0, 0.05) is 3.57 Å². The van der Waals surface area contributed by atoms with E-state index in [1.165, 1.54) is 6.07 Å². The van der Waals surface area contributed by atoms with Gasteiger partial charge in [0.15, 0.2) is 0 Å². The predicted molar refractivity (Wildman–Crippen MR) is 101 cm³/mol. The van der Waals surface area contributed by atoms with Gasteiger partial charge in [-0.15, -0.1) is 0 Å². The number of carbonyl (C=O) groups excluding carboxylic acids is 1. The van der Waals surface area contributed by atoms with Gasteiger partial charge in [-0.05, 0) is 56.8 Å². The first-order valence-electron chi connectivity index (χ1n) is 6.32. The molecule has 0 saturated carbocycles. The number of hydrogen-bond acceptors (Lipinski definition) is 4. The van der Waals surface area contributed by atoms with Crippen LogP contribution in [0.3, 0.4) is 0 Å². The smallest absolute Gasteiger partial charge is 0.412 e. The van der Waals surface area contributed by atoms with E-state index in [-0.39, 0.29) is 15.7 Å². The molecule has 120 valence electrons. The molecule has 0 spiro atoms. The molecular formula is C15H11I2NO5. The molecule has 0 aromatic heterocycles. The summed E-state index contributed by atoms with van der Waals surface area (Å²) in [6, 6.07) is 10.5. The van der Waals surface area contributed by atoms with Crippen LogP contribution in [0.25, 0.3) is 0 Å². The second-order valence-corrected chi connectivity index (χ2v) is 6.68. The number of rotatable bonds is 4. The molecule has 0 saturated heterocycles. The minimum Gasteiger partial charge on any atom is -0.506 e. The maximum Gasteiger partial charge on any atom is 0.412 e. The van der Waals surface area contributed by atoms with Gasteiger partial charge in [0.2, 0.25) is 0 Å². The first-order valence-corrected chi connectivity index (χ1v) is 8.48. The molecule has 0 heterocycles. The van der Waals surface area contributed by atoms with Crippen LogP contribution < -0.4 is 5.32 Å². The van der Waals surface area contributed by atoms with Gasteiger partial charge in [0.25, 0.3) is 0 Å². The molecule has 8 heteroatoms. The quantitative estimate of drug-likeness (QED) is 0.510. The molecule has 0 atom stereocenters. The zero-order valence-electron chi connectivity index (χ0n) is 11.5. The Labute approximate surface area is 159 Å². The van der Waals surface area contributed by atoms with Crippen molar-refractivity contribution in [3.63, 3.8) is 0 Å². The lowest BCUT2D eigenvalue weighted by molar-refractivity contribution is 0.0693. The monoisotopic (exact) mass is 539 g/mol. The van der Waals surface area contributed by atoms with Crippen molar-refractivity contribution in [3.05, 3.63) is 54.7 Å². The Morgan fingerprint density at radius 3 is 2.43 bits per heavy atom. The van der Waals surface area contributed by atoms with E-state index >= 15 is 0 Å². The second-order valence-electron chi connectivity index (χ2n) is 4.44. The third-order valence-corrected chi connectivity index (χ3v) is 4.76. The van der Waals surface area contributed by atoms with Gasteiger partial charge in [-0.1, -0.05) is 30.3 Å². The summed E-state index contributed by atoms with van der Waals surface area (Å²) < 4.78 is 5.83. The number of aromatic hydroxyl groups is 1. The Bertz CT molecular complexity index is 749. The average Bonchev–Trinajstić information content (AvgIpc) is 2.53. The van der Waals surface area contributed by atoms with Crippen LogP contribution >= 0.6 is 45.2 Å². The lowest BCUT2D eigenvalue weighted by Crippen LogP contribution is -2.16. The molecule has 2 rings (SSSR count). The highest BCUT2D eigenvalue weighted by Crippen LogP contribution is 2.35. The number of halogens is 2. The van der Waals surface area contributed by atoms with Gasteiger partial charge >= 0.3 is 12.1 Å². The van der Waals surface area contributed by atoms with E-state index in [0.29, 0.717) is 9.26 Å². The lowest BCUT2D eigenvalue weighted by Gasteiger charge is -2.13. The maximum atomic E-state index is 11.9. The number of ether oxygens (including phenoxy) is 1. The van der Waals surface area contributed by atoms with E-state index in [1.807, 2.05) is 52.9 Å². The Kier molecular flexibility index (Phi) is 6.04. The number of hydrogen-bond donors (Lipinski definition) is 3. The molecule has 6 nitrogen and oxygen atoms in total. The fourth-order valence-corrected chi connectivity index (χ4v) is 3.70. The van der Waals surface area contributed by atoms with Gasteiger partial charge in [0.1, 0.15) is 17.9 Å². The summed E-state index contributed by atoms with van der Waals surface area (Å²) in [6.45, 7) is 0.110. The summed E-state index contributed by atoms with van der Waals surface area (Å²) in [7, 11) is 0. The van der Waals surface area contributed by atoms with E-state index in [1.54, 1.807) is 22.6 Å². The molecule has 0 aliphatic heterocycles. The number of anilines is 1. The zero-order chi connectivity index (χ0) is 17.0. The molecule has 2 aromatic rings. The normalized spacial score (nSPS) is 10.2. The Morgan fingerprint density at radius 1 is 1.17 bits per heavy atom. The summed E-state index contributed by atoms with van der Waals surface area (Å²) in [5.41, 5.74) is 0.935. The van der Waals surface area contributed by atoms with Gasteiger partial charge in [-0.3, -0.25) is 5.32 Å². The molecule has 3 N–H and O–H groups in total. The summed E-state index contributed by atoms with van der Waals surface area (Å²) in [6.07, 6.45) is -0.688. The standard InChI is InChI=1S/C15H11I2NO5/c16-10-6-9(14(20)21)13(19)11(17)12(10)18-15(22)23-7-8-4-2-1-3-5-8/h1-6,19H,7H2,(H,18,22)(H,20,21). The number of carboxylic acids is 1. The van der Waals surface area contributed by atoms with Crippen molar-refractivity contribution in [1.82, 2.24) is 0 Å². The number of aromatic carboxylic acids is 1. The second kappa shape index (κ2) is 7.81. The fourth-order valence-electron chi connectivity index (χ4n) is 1.75. The highest BCUT2D eigenvalue weighted by atomic mass is 127. The van der Waals surface area contributed by atoms with Crippen LogP contribution in [0, 0.1) is 7.14 Å². The Morgan fingerprint density at radius 2 is 1.83 bits per heavy atom. The van der Waals surface area contributed by atoms with E-state index < -0.39 is 17.8 Å². The van der Waals surface area contributed by atoms with Crippen LogP contribution in [0.4, 0.5) is 10.5 Å². The summed E-state index contributed by atoms with van der Waals surface area (Å²) in [5.74, 6) is -1.63. The first-order chi connectivity index (χ1) is 10.9. The number of benzene rings is 2. The van der Waals surface area contributed by atoms with Gasteiger partial charge in [-0.25, -0.2) is 9.59 Å². The number of nitrogens with one attached hydrogen (secondary N) is 1. The van der Waals surface area contributed by atoms with Crippen LogP contribution in [0.15, 0.2) is 36.4 Å². The third kappa shape index (κ3) is 4.47. The zero-order valence-corrected chi connectivity index (χ0v) is 15.9. The van der Waals surface area contributed by atoms with Gasteiger partial charge in [0.05, 0.1) is 9.26 Å².